The Morgan fingerprint density at radius 3 is 2.25 bits per heavy atom. The molecule has 24 heavy (non-hydrogen) atoms. The molecule has 11 heteroatoms. The Kier molecular flexibility index (Phi) is 5.02. The van der Waals surface area contributed by atoms with Crippen LogP contribution in [0.15, 0.2) is 24.3 Å². The third kappa shape index (κ3) is 5.11. The van der Waals surface area contributed by atoms with E-state index in [1.165, 1.54) is 0 Å². The first-order chi connectivity index (χ1) is 11.1. The Labute approximate surface area is 135 Å². The van der Waals surface area contributed by atoms with Crippen molar-refractivity contribution in [2.45, 2.75) is 12.8 Å². The van der Waals surface area contributed by atoms with Gasteiger partial charge in [0.2, 0.25) is 5.91 Å². The Bertz CT molecular complexity index is 731. The van der Waals surface area contributed by atoms with E-state index in [1.807, 2.05) is 0 Å². The van der Waals surface area contributed by atoms with Gasteiger partial charge in [-0.2, -0.15) is 0 Å². The smallest absolute Gasteiger partial charge is 0.406 e. The molecule has 0 radical (unpaired) electrons. The van der Waals surface area contributed by atoms with Crippen LogP contribution in [-0.2, 0) is 14.6 Å². The summed E-state index contributed by atoms with van der Waals surface area (Å²) in [6.07, 6.45) is -4.66. The highest BCUT2D eigenvalue weighted by molar-refractivity contribution is 7.91. The molecule has 132 valence electrons. The van der Waals surface area contributed by atoms with Crippen LogP contribution in [0.25, 0.3) is 0 Å². The second-order valence-corrected chi connectivity index (χ2v) is 7.34. The summed E-state index contributed by atoms with van der Waals surface area (Å²) in [5.74, 6) is -2.99. The highest BCUT2D eigenvalue weighted by atomic mass is 32.2. The molecule has 0 aromatic heterocycles. The normalized spacial score (nSPS) is 19.5. The van der Waals surface area contributed by atoms with E-state index < -0.39 is 39.7 Å². The molecule has 0 unspecified atom stereocenters. The third-order valence-corrected chi connectivity index (χ3v) is 5.02. The Morgan fingerprint density at radius 2 is 1.75 bits per heavy atom. The van der Waals surface area contributed by atoms with E-state index in [0.717, 1.165) is 24.3 Å². The molecule has 1 aromatic rings. The Balaban J connectivity index is 1.87. The highest BCUT2D eigenvalue weighted by Crippen LogP contribution is 2.22. The molecule has 0 saturated carbocycles. The number of amides is 2. The fourth-order valence-corrected chi connectivity index (χ4v) is 3.84. The number of benzene rings is 1. The zero-order valence-electron chi connectivity index (χ0n) is 12.1. The second kappa shape index (κ2) is 6.67. The van der Waals surface area contributed by atoms with Crippen LogP contribution in [0.4, 0.5) is 13.2 Å². The van der Waals surface area contributed by atoms with E-state index in [2.05, 4.69) is 15.6 Å². The molecule has 1 fully saturated rings. The van der Waals surface area contributed by atoms with Gasteiger partial charge >= 0.3 is 6.36 Å². The van der Waals surface area contributed by atoms with Crippen molar-refractivity contribution in [1.29, 1.82) is 0 Å². The van der Waals surface area contributed by atoms with Crippen molar-refractivity contribution in [2.75, 3.05) is 11.5 Å². The Morgan fingerprint density at radius 1 is 1.12 bits per heavy atom. The number of carbonyl (C=O) groups is 2. The van der Waals surface area contributed by atoms with Gasteiger partial charge in [-0.25, -0.2) is 8.42 Å². The first-order valence-corrected chi connectivity index (χ1v) is 8.54. The van der Waals surface area contributed by atoms with Gasteiger partial charge in [0.05, 0.1) is 17.4 Å². The van der Waals surface area contributed by atoms with Gasteiger partial charge in [0, 0.05) is 5.56 Å². The van der Waals surface area contributed by atoms with E-state index in [1.54, 1.807) is 0 Å². The summed E-state index contributed by atoms with van der Waals surface area (Å²) < 4.78 is 62.3. The fourth-order valence-electron chi connectivity index (χ4n) is 2.10. The lowest BCUT2D eigenvalue weighted by Crippen LogP contribution is -2.44. The van der Waals surface area contributed by atoms with Crippen LogP contribution in [0.3, 0.4) is 0 Å². The average molecular weight is 366 g/mol. The molecule has 1 aromatic carbocycles. The van der Waals surface area contributed by atoms with Crippen molar-refractivity contribution in [3.05, 3.63) is 29.8 Å². The van der Waals surface area contributed by atoms with E-state index in [9.17, 15) is 31.2 Å². The lowest BCUT2D eigenvalue weighted by atomic mass is 10.1. The summed E-state index contributed by atoms with van der Waals surface area (Å²) in [5, 5.41) is 0. The van der Waals surface area contributed by atoms with Crippen molar-refractivity contribution in [3.8, 4) is 5.75 Å². The average Bonchev–Trinajstić information content (AvgIpc) is 2.84. The minimum Gasteiger partial charge on any atom is -0.406 e. The lowest BCUT2D eigenvalue weighted by Gasteiger charge is -2.11. The summed E-state index contributed by atoms with van der Waals surface area (Å²) in [7, 11) is -3.23. The third-order valence-electron chi connectivity index (χ3n) is 3.25. The minimum atomic E-state index is -4.83. The van der Waals surface area contributed by atoms with Crippen LogP contribution in [0.2, 0.25) is 0 Å². The molecule has 2 N–H and O–H groups in total. The summed E-state index contributed by atoms with van der Waals surface area (Å²) in [6.45, 7) is 0. The summed E-state index contributed by atoms with van der Waals surface area (Å²) >= 11 is 0. The maximum absolute atomic E-state index is 12.0. The number of sulfone groups is 1. The number of hydrogen-bond acceptors (Lipinski definition) is 5. The molecule has 2 amide bonds. The monoisotopic (exact) mass is 366 g/mol. The molecule has 1 aliphatic rings. The van der Waals surface area contributed by atoms with Gasteiger partial charge in [0.1, 0.15) is 5.75 Å². The number of hydrazine groups is 1. The first-order valence-electron chi connectivity index (χ1n) is 6.72. The quantitative estimate of drug-likeness (QED) is 0.770. The second-order valence-electron chi connectivity index (χ2n) is 5.12. The topological polar surface area (TPSA) is 102 Å². The van der Waals surface area contributed by atoms with Crippen molar-refractivity contribution >= 4 is 21.7 Å². The van der Waals surface area contributed by atoms with Gasteiger partial charge < -0.3 is 4.74 Å². The number of nitrogens with one attached hydrogen (secondary N) is 2. The molecular weight excluding hydrogens is 353 g/mol. The summed E-state index contributed by atoms with van der Waals surface area (Å²) in [4.78, 5) is 23.5. The zero-order chi connectivity index (χ0) is 18.0. The molecule has 0 aliphatic carbocycles. The predicted molar refractivity (Wildman–Crippen MR) is 75.5 cm³/mol. The summed E-state index contributed by atoms with van der Waals surface area (Å²) in [5.41, 5.74) is 4.16. The van der Waals surface area contributed by atoms with Crippen molar-refractivity contribution < 1.29 is 35.9 Å². The van der Waals surface area contributed by atoms with E-state index in [4.69, 9.17) is 0 Å². The zero-order valence-corrected chi connectivity index (χ0v) is 12.9. The van der Waals surface area contributed by atoms with Crippen molar-refractivity contribution in [1.82, 2.24) is 10.9 Å². The van der Waals surface area contributed by atoms with Crippen LogP contribution in [-0.4, -0.2) is 38.1 Å². The van der Waals surface area contributed by atoms with Gasteiger partial charge in [-0.1, -0.05) is 0 Å². The molecule has 2 rings (SSSR count). The largest absolute Gasteiger partial charge is 0.573 e. The number of rotatable bonds is 3. The van der Waals surface area contributed by atoms with Crippen LogP contribution in [0.1, 0.15) is 16.8 Å². The molecule has 1 aliphatic heterocycles. The van der Waals surface area contributed by atoms with Crippen LogP contribution in [0, 0.1) is 5.92 Å². The van der Waals surface area contributed by atoms with Crippen molar-refractivity contribution in [3.63, 3.8) is 0 Å². The van der Waals surface area contributed by atoms with E-state index in [0.29, 0.717) is 0 Å². The fraction of sp³-hybridized carbons (Fsp3) is 0.385. The van der Waals surface area contributed by atoms with Gasteiger partial charge in [-0.3, -0.25) is 20.4 Å². The van der Waals surface area contributed by atoms with E-state index in [-0.39, 0.29) is 23.5 Å². The number of halogens is 3. The summed E-state index contributed by atoms with van der Waals surface area (Å²) in [6, 6.07) is 4.08. The molecule has 1 heterocycles. The number of ether oxygens (including phenoxy) is 1. The highest BCUT2D eigenvalue weighted by Gasteiger charge is 2.33. The maximum Gasteiger partial charge on any atom is 0.573 e. The van der Waals surface area contributed by atoms with Gasteiger partial charge in [-0.15, -0.1) is 13.2 Å². The van der Waals surface area contributed by atoms with Gasteiger partial charge in [0.15, 0.2) is 9.84 Å². The van der Waals surface area contributed by atoms with Crippen LogP contribution >= 0.6 is 0 Å². The number of alkyl halides is 3. The number of carbonyl (C=O) groups excluding carboxylic acids is 2. The molecule has 1 saturated heterocycles. The van der Waals surface area contributed by atoms with Crippen molar-refractivity contribution in [2.24, 2.45) is 5.92 Å². The molecule has 7 nitrogen and oxygen atoms in total. The molecular formula is C13H13F3N2O5S. The Hall–Kier alpha value is -2.30. The molecule has 0 spiro atoms. The maximum atomic E-state index is 12.0. The van der Waals surface area contributed by atoms with Gasteiger partial charge in [0.25, 0.3) is 5.91 Å². The first kappa shape index (κ1) is 18.0. The van der Waals surface area contributed by atoms with Gasteiger partial charge in [-0.05, 0) is 30.7 Å². The predicted octanol–water partition coefficient (Wildman–Crippen LogP) is 0.781. The lowest BCUT2D eigenvalue weighted by molar-refractivity contribution is -0.274. The minimum absolute atomic E-state index is 0.0103. The van der Waals surface area contributed by atoms with Crippen LogP contribution < -0.4 is 15.6 Å². The van der Waals surface area contributed by atoms with E-state index >= 15 is 0 Å². The molecule has 0 bridgehead atoms. The SMILES string of the molecule is O=C(NNC(=O)[C@@H]1CCS(=O)(=O)C1)c1ccc(OC(F)(F)F)cc1. The standard InChI is InChI=1S/C13H13F3N2O5S/c14-13(15,16)23-10-3-1-8(2-4-10)11(19)17-18-12(20)9-5-6-24(21,22)7-9/h1-4,9H,5-7H2,(H,17,19)(H,18,20)/t9-/m1/s1. The number of hydrogen-bond donors (Lipinski definition) is 2. The molecule has 1 atom stereocenters. The van der Waals surface area contributed by atoms with Crippen LogP contribution in [0.5, 0.6) is 5.75 Å².